The smallest absolute Gasteiger partial charge is 0.311 e. The predicted molar refractivity (Wildman–Crippen MR) is 64.4 cm³/mol. The maximum Gasteiger partial charge on any atom is 0.311 e. The molecule has 0 bridgehead atoms. The molecule has 0 aliphatic heterocycles. The number of hydrogen-bond acceptors (Lipinski definition) is 3. The van der Waals surface area contributed by atoms with Crippen molar-refractivity contribution in [3.05, 3.63) is 35.9 Å². The van der Waals surface area contributed by atoms with Crippen molar-refractivity contribution in [1.82, 2.24) is 0 Å². The van der Waals surface area contributed by atoms with E-state index in [0.717, 1.165) is 19.3 Å². The summed E-state index contributed by atoms with van der Waals surface area (Å²) in [5.74, 6) is -0.455. The molecule has 0 heterocycles. The second-order valence-electron chi connectivity index (χ2n) is 4.65. The minimum Gasteiger partial charge on any atom is -0.469 e. The molecule has 0 aromatic heterocycles. The molecule has 92 valence electrons. The lowest BCUT2D eigenvalue weighted by Crippen LogP contribution is -2.29. The summed E-state index contributed by atoms with van der Waals surface area (Å²) in [7, 11) is 1.37. The number of aliphatic hydroxyl groups excluding tert-OH is 1. The molecule has 1 aromatic carbocycles. The zero-order valence-corrected chi connectivity index (χ0v) is 10.0. The number of methoxy groups -OCH3 is 1. The summed E-state index contributed by atoms with van der Waals surface area (Å²) >= 11 is 0. The molecule has 0 radical (unpaired) electrons. The third-order valence-electron chi connectivity index (χ3n) is 3.59. The molecule has 1 fully saturated rings. The average Bonchev–Trinajstić information content (AvgIpc) is 2.72. The third-order valence-corrected chi connectivity index (χ3v) is 3.59. The minimum atomic E-state index is -0.567. The van der Waals surface area contributed by atoms with Crippen LogP contribution in [0.15, 0.2) is 30.3 Å². The molecular weight excluding hydrogens is 216 g/mol. The van der Waals surface area contributed by atoms with Gasteiger partial charge in [0.1, 0.15) is 0 Å². The maximum atomic E-state index is 11.4. The van der Waals surface area contributed by atoms with E-state index < -0.39 is 6.10 Å². The second-order valence-corrected chi connectivity index (χ2v) is 4.65. The Hall–Kier alpha value is -1.35. The summed E-state index contributed by atoms with van der Waals surface area (Å²) in [4.78, 5) is 11.4. The number of carbonyl (C=O) groups excluding carboxylic acids is 1. The van der Waals surface area contributed by atoms with Gasteiger partial charge in [-0.1, -0.05) is 30.3 Å². The van der Waals surface area contributed by atoms with Crippen LogP contribution >= 0.6 is 0 Å². The Morgan fingerprint density at radius 3 is 2.71 bits per heavy atom. The summed E-state index contributed by atoms with van der Waals surface area (Å²) in [6.07, 6.45) is 1.87. The summed E-state index contributed by atoms with van der Waals surface area (Å²) < 4.78 is 4.70. The Kier molecular flexibility index (Phi) is 3.79. The monoisotopic (exact) mass is 234 g/mol. The van der Waals surface area contributed by atoms with Gasteiger partial charge in [-0.3, -0.25) is 4.79 Å². The van der Waals surface area contributed by atoms with Crippen molar-refractivity contribution in [2.75, 3.05) is 7.11 Å². The Morgan fingerprint density at radius 2 is 2.06 bits per heavy atom. The molecule has 1 saturated carbocycles. The van der Waals surface area contributed by atoms with Crippen LogP contribution in [0, 0.1) is 11.8 Å². The van der Waals surface area contributed by atoms with Gasteiger partial charge in [-0.2, -0.15) is 0 Å². The molecule has 1 aliphatic carbocycles. The first kappa shape index (κ1) is 12.1. The Morgan fingerprint density at radius 1 is 1.35 bits per heavy atom. The lowest BCUT2D eigenvalue weighted by atomic mass is 9.94. The van der Waals surface area contributed by atoms with Gasteiger partial charge >= 0.3 is 5.97 Å². The highest BCUT2D eigenvalue weighted by Gasteiger charge is 2.39. The lowest BCUT2D eigenvalue weighted by Gasteiger charge is -2.18. The van der Waals surface area contributed by atoms with Crippen molar-refractivity contribution >= 4 is 5.97 Å². The van der Waals surface area contributed by atoms with Crippen molar-refractivity contribution in [2.24, 2.45) is 11.8 Å². The van der Waals surface area contributed by atoms with E-state index in [4.69, 9.17) is 4.74 Å². The molecule has 0 spiro atoms. The van der Waals surface area contributed by atoms with Crippen LogP contribution in [0.1, 0.15) is 18.4 Å². The quantitative estimate of drug-likeness (QED) is 0.811. The second kappa shape index (κ2) is 5.32. The van der Waals surface area contributed by atoms with Crippen molar-refractivity contribution in [3.8, 4) is 0 Å². The zero-order valence-electron chi connectivity index (χ0n) is 10.0. The number of aliphatic hydroxyl groups is 1. The van der Waals surface area contributed by atoms with E-state index >= 15 is 0 Å². The fourth-order valence-electron chi connectivity index (χ4n) is 2.61. The number of hydrogen-bond donors (Lipinski definition) is 1. The highest BCUT2D eigenvalue weighted by molar-refractivity contribution is 5.73. The van der Waals surface area contributed by atoms with Gasteiger partial charge in [-0.15, -0.1) is 0 Å². The normalized spacial score (nSPS) is 28.0. The molecule has 1 aliphatic rings. The molecule has 17 heavy (non-hydrogen) atoms. The van der Waals surface area contributed by atoms with Gasteiger partial charge in [0.2, 0.25) is 0 Å². The first-order valence-corrected chi connectivity index (χ1v) is 6.02. The molecule has 3 atom stereocenters. The van der Waals surface area contributed by atoms with Gasteiger partial charge in [0.25, 0.3) is 0 Å². The first-order chi connectivity index (χ1) is 8.22. The van der Waals surface area contributed by atoms with Gasteiger partial charge < -0.3 is 9.84 Å². The SMILES string of the molecule is COC(=O)[C@@H]1CC[C@@H](Cc2ccccc2)[C@H]1O. The fraction of sp³-hybridized carbons (Fsp3) is 0.500. The molecule has 3 heteroatoms. The summed E-state index contributed by atoms with van der Waals surface area (Å²) in [6.45, 7) is 0. The van der Waals surface area contributed by atoms with Crippen LogP contribution in [-0.2, 0) is 16.0 Å². The van der Waals surface area contributed by atoms with E-state index in [0.29, 0.717) is 0 Å². The topological polar surface area (TPSA) is 46.5 Å². The van der Waals surface area contributed by atoms with E-state index in [1.807, 2.05) is 18.2 Å². The van der Waals surface area contributed by atoms with Crippen LogP contribution in [0.25, 0.3) is 0 Å². The third kappa shape index (κ3) is 2.67. The molecule has 0 amide bonds. The van der Waals surface area contributed by atoms with E-state index in [-0.39, 0.29) is 17.8 Å². The van der Waals surface area contributed by atoms with Gasteiger partial charge in [0, 0.05) is 0 Å². The summed E-state index contributed by atoms with van der Waals surface area (Å²) in [5, 5.41) is 10.1. The van der Waals surface area contributed by atoms with Crippen LogP contribution in [0.5, 0.6) is 0 Å². The van der Waals surface area contributed by atoms with E-state index in [9.17, 15) is 9.90 Å². The van der Waals surface area contributed by atoms with Crippen molar-refractivity contribution in [3.63, 3.8) is 0 Å². The summed E-state index contributed by atoms with van der Waals surface area (Å²) in [5.41, 5.74) is 1.21. The molecular formula is C14H18O3. The molecule has 0 unspecified atom stereocenters. The van der Waals surface area contributed by atoms with Crippen LogP contribution in [-0.4, -0.2) is 24.3 Å². The van der Waals surface area contributed by atoms with Crippen LogP contribution in [0.4, 0.5) is 0 Å². The fourth-order valence-corrected chi connectivity index (χ4v) is 2.61. The van der Waals surface area contributed by atoms with E-state index in [2.05, 4.69) is 12.1 Å². The predicted octanol–water partition coefficient (Wildman–Crippen LogP) is 1.79. The number of ether oxygens (including phenoxy) is 1. The minimum absolute atomic E-state index is 0.168. The van der Waals surface area contributed by atoms with Gasteiger partial charge in [-0.25, -0.2) is 0 Å². The number of esters is 1. The summed E-state index contributed by atoms with van der Waals surface area (Å²) in [6, 6.07) is 10.1. The zero-order chi connectivity index (χ0) is 12.3. The van der Waals surface area contributed by atoms with E-state index in [1.54, 1.807) is 0 Å². The highest BCUT2D eigenvalue weighted by atomic mass is 16.5. The number of benzene rings is 1. The average molecular weight is 234 g/mol. The Labute approximate surface area is 101 Å². The molecule has 1 aromatic rings. The van der Waals surface area contributed by atoms with Crippen LogP contribution < -0.4 is 0 Å². The standard InChI is InChI=1S/C14H18O3/c1-17-14(16)12-8-7-11(13(12)15)9-10-5-3-2-4-6-10/h2-6,11-13,15H,7-9H2,1H3/t11-,12+,13+/m0/s1. The van der Waals surface area contributed by atoms with Crippen molar-refractivity contribution in [1.29, 1.82) is 0 Å². The first-order valence-electron chi connectivity index (χ1n) is 6.02. The molecule has 3 nitrogen and oxygen atoms in total. The molecule has 0 saturated heterocycles. The highest BCUT2D eigenvalue weighted by Crippen LogP contribution is 2.34. The van der Waals surface area contributed by atoms with Crippen LogP contribution in [0.3, 0.4) is 0 Å². The van der Waals surface area contributed by atoms with Gasteiger partial charge in [0.15, 0.2) is 0 Å². The maximum absolute atomic E-state index is 11.4. The van der Waals surface area contributed by atoms with E-state index in [1.165, 1.54) is 12.7 Å². The largest absolute Gasteiger partial charge is 0.469 e. The Bertz CT molecular complexity index is 374. The van der Waals surface area contributed by atoms with Crippen molar-refractivity contribution < 1.29 is 14.6 Å². The van der Waals surface area contributed by atoms with Crippen LogP contribution in [0.2, 0.25) is 0 Å². The number of rotatable bonds is 3. The van der Waals surface area contributed by atoms with Gasteiger partial charge in [0.05, 0.1) is 19.1 Å². The molecule has 2 rings (SSSR count). The van der Waals surface area contributed by atoms with Crippen molar-refractivity contribution in [2.45, 2.75) is 25.4 Å². The lowest BCUT2D eigenvalue weighted by molar-refractivity contribution is -0.148. The molecule has 1 N–H and O–H groups in total. The van der Waals surface area contributed by atoms with Gasteiger partial charge in [-0.05, 0) is 30.7 Å². The number of carbonyl (C=O) groups is 1. The Balaban J connectivity index is 1.98.